The average molecular weight is 331 g/mol. The van der Waals surface area contributed by atoms with Crippen LogP contribution in [0.4, 0.5) is 13.2 Å². The number of aldehydes is 1. The number of aromatic nitrogens is 2. The largest absolute Gasteiger partial charge is 0.417 e. The fraction of sp³-hybridized carbons (Fsp3) is 0.0769. The molecule has 3 rings (SSSR count). The zero-order valence-electron chi connectivity index (χ0n) is 10.2. The number of hydrogen-bond acceptors (Lipinski definition) is 3. The molecular formula is C13H6ClF3N2OS. The number of thiophene rings is 1. The lowest BCUT2D eigenvalue weighted by atomic mass is 10.2. The summed E-state index contributed by atoms with van der Waals surface area (Å²) in [6, 6.07) is 4.30. The summed E-state index contributed by atoms with van der Waals surface area (Å²) < 4.78 is 39.6. The van der Waals surface area contributed by atoms with Crippen LogP contribution in [0.2, 0.25) is 5.02 Å². The van der Waals surface area contributed by atoms with Crippen molar-refractivity contribution in [3.8, 4) is 10.6 Å². The van der Waals surface area contributed by atoms with E-state index in [1.54, 1.807) is 17.5 Å². The number of rotatable bonds is 2. The minimum atomic E-state index is -4.55. The van der Waals surface area contributed by atoms with Crippen molar-refractivity contribution in [2.45, 2.75) is 6.18 Å². The van der Waals surface area contributed by atoms with E-state index in [0.717, 1.165) is 16.7 Å². The summed E-state index contributed by atoms with van der Waals surface area (Å²) in [7, 11) is 0. The Morgan fingerprint density at radius 3 is 2.71 bits per heavy atom. The highest BCUT2D eigenvalue weighted by Gasteiger charge is 2.32. The third kappa shape index (κ3) is 2.32. The van der Waals surface area contributed by atoms with Crippen molar-refractivity contribution in [2.75, 3.05) is 0 Å². The maximum atomic E-state index is 12.8. The molecule has 0 aliphatic carbocycles. The summed E-state index contributed by atoms with van der Waals surface area (Å²) in [5, 5.41) is 1.63. The van der Waals surface area contributed by atoms with E-state index in [0.29, 0.717) is 16.9 Å². The van der Waals surface area contributed by atoms with Crippen molar-refractivity contribution in [3.05, 3.63) is 46.1 Å². The molecule has 0 saturated carbocycles. The van der Waals surface area contributed by atoms with Gasteiger partial charge in [0.2, 0.25) is 0 Å². The van der Waals surface area contributed by atoms with E-state index >= 15 is 0 Å². The summed E-state index contributed by atoms with van der Waals surface area (Å²) in [4.78, 5) is 16.2. The van der Waals surface area contributed by atoms with E-state index in [-0.39, 0.29) is 16.4 Å². The van der Waals surface area contributed by atoms with Gasteiger partial charge in [-0.25, -0.2) is 4.98 Å². The molecule has 0 aliphatic rings. The van der Waals surface area contributed by atoms with E-state index < -0.39 is 11.7 Å². The number of nitrogens with zero attached hydrogens (tertiary/aromatic N) is 2. The van der Waals surface area contributed by atoms with E-state index in [9.17, 15) is 18.0 Å². The molecule has 0 radical (unpaired) electrons. The third-order valence-electron chi connectivity index (χ3n) is 2.91. The normalized spacial score (nSPS) is 12.0. The van der Waals surface area contributed by atoms with Crippen molar-refractivity contribution in [3.63, 3.8) is 0 Å². The molecule has 3 aromatic rings. The molecule has 0 spiro atoms. The fourth-order valence-electron chi connectivity index (χ4n) is 1.98. The zero-order chi connectivity index (χ0) is 15.2. The van der Waals surface area contributed by atoms with Crippen LogP contribution in [0, 0.1) is 0 Å². The predicted molar refractivity (Wildman–Crippen MR) is 73.9 cm³/mol. The van der Waals surface area contributed by atoms with Crippen molar-refractivity contribution in [2.24, 2.45) is 0 Å². The highest BCUT2D eigenvalue weighted by atomic mass is 35.5. The molecule has 0 aromatic carbocycles. The Morgan fingerprint density at radius 1 is 1.38 bits per heavy atom. The van der Waals surface area contributed by atoms with Gasteiger partial charge in [0.25, 0.3) is 0 Å². The molecule has 108 valence electrons. The Kier molecular flexibility index (Phi) is 3.26. The molecule has 0 fully saturated rings. The van der Waals surface area contributed by atoms with Crippen LogP contribution in [0.1, 0.15) is 16.1 Å². The van der Waals surface area contributed by atoms with Gasteiger partial charge in [0, 0.05) is 6.20 Å². The Bertz CT molecular complexity index is 824. The predicted octanol–water partition coefficient (Wildman–Crippen LogP) is 4.55. The molecule has 3 heterocycles. The molecule has 0 atom stereocenters. The number of hydrogen-bond donors (Lipinski definition) is 0. The van der Waals surface area contributed by atoms with Gasteiger partial charge in [-0.15, -0.1) is 11.3 Å². The Morgan fingerprint density at radius 2 is 2.14 bits per heavy atom. The minimum absolute atomic E-state index is 0.0421. The SMILES string of the molecule is O=Cc1c(-c2cccs2)nc2c(Cl)cc(C(F)(F)F)cn12. The molecule has 21 heavy (non-hydrogen) atoms. The van der Waals surface area contributed by atoms with Crippen LogP contribution < -0.4 is 0 Å². The number of fused-ring (bicyclic) bond motifs is 1. The van der Waals surface area contributed by atoms with Gasteiger partial charge < -0.3 is 0 Å². The van der Waals surface area contributed by atoms with E-state index in [4.69, 9.17) is 11.6 Å². The van der Waals surface area contributed by atoms with E-state index in [1.165, 1.54) is 11.3 Å². The standard InChI is InChI=1S/C13H6ClF3N2OS/c14-8-4-7(13(15,16)17)5-19-9(6-20)11(18-12(8)19)10-2-1-3-21-10/h1-6H. The first-order valence-electron chi connectivity index (χ1n) is 5.69. The maximum absolute atomic E-state index is 12.8. The van der Waals surface area contributed by atoms with Crippen molar-refractivity contribution in [1.29, 1.82) is 0 Å². The van der Waals surface area contributed by atoms with Gasteiger partial charge in [0.15, 0.2) is 11.9 Å². The van der Waals surface area contributed by atoms with Gasteiger partial charge in [-0.3, -0.25) is 9.20 Å². The molecule has 3 nitrogen and oxygen atoms in total. The molecule has 0 N–H and O–H groups in total. The summed E-state index contributed by atoms with van der Waals surface area (Å²) in [5.74, 6) is 0. The first-order valence-corrected chi connectivity index (χ1v) is 6.95. The zero-order valence-corrected chi connectivity index (χ0v) is 11.8. The van der Waals surface area contributed by atoms with Crippen molar-refractivity contribution in [1.82, 2.24) is 9.38 Å². The molecule has 0 aliphatic heterocycles. The fourth-order valence-corrected chi connectivity index (χ4v) is 2.96. The lowest BCUT2D eigenvalue weighted by Crippen LogP contribution is -2.07. The Balaban J connectivity index is 2.35. The number of carbonyl (C=O) groups is 1. The van der Waals surface area contributed by atoms with Gasteiger partial charge in [-0.05, 0) is 17.5 Å². The Labute approximate surface area is 125 Å². The number of alkyl halides is 3. The minimum Gasteiger partial charge on any atom is -0.296 e. The molecule has 0 saturated heterocycles. The molecule has 0 amide bonds. The van der Waals surface area contributed by atoms with Gasteiger partial charge in [0.1, 0.15) is 11.4 Å². The first kappa shape index (κ1) is 14.1. The Hall–Kier alpha value is -1.86. The summed E-state index contributed by atoms with van der Waals surface area (Å²) in [6.07, 6.45) is -3.24. The summed E-state index contributed by atoms with van der Waals surface area (Å²) in [6.45, 7) is 0. The maximum Gasteiger partial charge on any atom is 0.417 e. The highest BCUT2D eigenvalue weighted by Crippen LogP contribution is 2.35. The van der Waals surface area contributed by atoms with Crippen LogP contribution in [0.3, 0.4) is 0 Å². The number of imidazole rings is 1. The lowest BCUT2D eigenvalue weighted by molar-refractivity contribution is -0.137. The van der Waals surface area contributed by atoms with Crippen LogP contribution >= 0.6 is 22.9 Å². The second-order valence-electron chi connectivity index (χ2n) is 4.21. The number of pyridine rings is 1. The van der Waals surface area contributed by atoms with Crippen molar-refractivity contribution < 1.29 is 18.0 Å². The van der Waals surface area contributed by atoms with Crippen LogP contribution in [-0.2, 0) is 6.18 Å². The van der Waals surface area contributed by atoms with E-state index in [1.807, 2.05) is 0 Å². The monoisotopic (exact) mass is 330 g/mol. The second kappa shape index (κ2) is 4.85. The molecule has 3 aromatic heterocycles. The highest BCUT2D eigenvalue weighted by molar-refractivity contribution is 7.13. The smallest absolute Gasteiger partial charge is 0.296 e. The number of carbonyl (C=O) groups excluding carboxylic acids is 1. The van der Waals surface area contributed by atoms with Gasteiger partial charge >= 0.3 is 6.18 Å². The first-order chi connectivity index (χ1) is 9.91. The van der Waals surface area contributed by atoms with Crippen LogP contribution in [0.5, 0.6) is 0 Å². The quantitative estimate of drug-likeness (QED) is 0.646. The third-order valence-corrected chi connectivity index (χ3v) is 4.06. The topological polar surface area (TPSA) is 34.4 Å². The van der Waals surface area contributed by atoms with Crippen LogP contribution in [0.25, 0.3) is 16.2 Å². The van der Waals surface area contributed by atoms with E-state index in [2.05, 4.69) is 4.98 Å². The summed E-state index contributed by atoms with van der Waals surface area (Å²) in [5.41, 5.74) is -0.449. The van der Waals surface area contributed by atoms with Gasteiger partial charge in [-0.1, -0.05) is 17.7 Å². The molecule has 8 heteroatoms. The summed E-state index contributed by atoms with van der Waals surface area (Å²) >= 11 is 7.21. The second-order valence-corrected chi connectivity index (χ2v) is 5.56. The van der Waals surface area contributed by atoms with Crippen molar-refractivity contribution >= 4 is 34.9 Å². The lowest BCUT2D eigenvalue weighted by Gasteiger charge is -2.08. The molecular weight excluding hydrogens is 325 g/mol. The van der Waals surface area contributed by atoms with Gasteiger partial charge in [0.05, 0.1) is 15.5 Å². The molecule has 0 bridgehead atoms. The van der Waals surface area contributed by atoms with Crippen LogP contribution in [-0.4, -0.2) is 15.7 Å². The number of halogens is 4. The molecule has 0 unspecified atom stereocenters. The van der Waals surface area contributed by atoms with Gasteiger partial charge in [-0.2, -0.15) is 13.2 Å². The van der Waals surface area contributed by atoms with Crippen LogP contribution in [0.15, 0.2) is 29.8 Å². The average Bonchev–Trinajstić information content (AvgIpc) is 3.03.